The Hall–Kier alpha value is -1.82. The third kappa shape index (κ3) is 3.01. The second-order valence-corrected chi connectivity index (χ2v) is 4.96. The molecule has 0 amide bonds. The molecule has 0 aliphatic heterocycles. The van der Waals surface area contributed by atoms with Crippen molar-refractivity contribution in [3.05, 3.63) is 35.8 Å². The molecule has 1 aromatic carbocycles. The Morgan fingerprint density at radius 2 is 2.20 bits per heavy atom. The van der Waals surface area contributed by atoms with Gasteiger partial charge in [-0.05, 0) is 26.2 Å². The van der Waals surface area contributed by atoms with Crippen LogP contribution in [0.3, 0.4) is 0 Å². The van der Waals surface area contributed by atoms with Crippen molar-refractivity contribution in [2.45, 2.75) is 13.8 Å². The summed E-state index contributed by atoms with van der Waals surface area (Å²) in [5.41, 5.74) is 2.08. The van der Waals surface area contributed by atoms with Crippen LogP contribution in [-0.4, -0.2) is 28.2 Å². The summed E-state index contributed by atoms with van der Waals surface area (Å²) in [6.07, 6.45) is 1.93. The number of halogens is 1. The molecule has 0 aliphatic rings. The summed E-state index contributed by atoms with van der Waals surface area (Å²) in [5, 5.41) is 11.0. The number of anilines is 1. The van der Waals surface area contributed by atoms with Crippen LogP contribution in [0.25, 0.3) is 11.1 Å². The van der Waals surface area contributed by atoms with E-state index in [-0.39, 0.29) is 5.82 Å². The molecule has 20 heavy (non-hydrogen) atoms. The molecule has 0 bridgehead atoms. The Kier molecular flexibility index (Phi) is 4.79. The van der Waals surface area contributed by atoms with Gasteiger partial charge in [0.05, 0.1) is 0 Å². The molecule has 4 nitrogen and oxygen atoms in total. The maximum atomic E-state index is 14.0. The average Bonchev–Trinajstić information content (AvgIpc) is 2.80. The van der Waals surface area contributed by atoms with Crippen LogP contribution in [0.2, 0.25) is 0 Å². The fraction of sp³-hybridized carbons (Fsp3) is 0.286. The normalized spacial score (nSPS) is 11.7. The van der Waals surface area contributed by atoms with Gasteiger partial charge in [0.1, 0.15) is 5.82 Å². The molecular formula is C14H17FN4S. The first-order valence-corrected chi connectivity index (χ1v) is 7.55. The van der Waals surface area contributed by atoms with Crippen molar-refractivity contribution in [1.29, 1.82) is 0 Å². The lowest BCUT2D eigenvalue weighted by atomic mass is 10.1. The predicted octanol–water partition coefficient (Wildman–Crippen LogP) is 3.68. The number of aryl methyl sites for hydroxylation is 1. The summed E-state index contributed by atoms with van der Waals surface area (Å²) in [5.74, 6) is 0.326. The number of aromatic amines is 1. The van der Waals surface area contributed by atoms with E-state index in [4.69, 9.17) is 0 Å². The van der Waals surface area contributed by atoms with Crippen molar-refractivity contribution in [1.82, 2.24) is 10.2 Å². The SMILES string of the molecule is CCN=C(Nc1n[nH]c(C)c1-c1ccccc1F)SC. The van der Waals surface area contributed by atoms with Crippen LogP contribution in [0.4, 0.5) is 10.2 Å². The van der Waals surface area contributed by atoms with Crippen LogP contribution < -0.4 is 5.32 Å². The number of amidine groups is 1. The van der Waals surface area contributed by atoms with E-state index < -0.39 is 0 Å². The Labute approximate surface area is 121 Å². The molecule has 2 N–H and O–H groups in total. The van der Waals surface area contributed by atoms with Gasteiger partial charge in [-0.1, -0.05) is 30.0 Å². The molecule has 6 heteroatoms. The molecule has 2 aromatic rings. The first-order chi connectivity index (χ1) is 9.67. The minimum atomic E-state index is -0.266. The van der Waals surface area contributed by atoms with Crippen molar-refractivity contribution in [2.75, 3.05) is 18.1 Å². The van der Waals surface area contributed by atoms with Gasteiger partial charge in [0.15, 0.2) is 11.0 Å². The Morgan fingerprint density at radius 3 is 2.85 bits per heavy atom. The number of H-pyrrole nitrogens is 1. The highest BCUT2D eigenvalue weighted by Crippen LogP contribution is 2.31. The molecule has 0 spiro atoms. The van der Waals surface area contributed by atoms with Crippen molar-refractivity contribution >= 4 is 22.7 Å². The summed E-state index contributed by atoms with van der Waals surface area (Å²) >= 11 is 1.50. The molecule has 0 saturated heterocycles. The Balaban J connectivity index is 2.43. The van der Waals surface area contributed by atoms with Gasteiger partial charge in [-0.2, -0.15) is 5.10 Å². The summed E-state index contributed by atoms with van der Waals surface area (Å²) < 4.78 is 14.0. The van der Waals surface area contributed by atoms with Crippen molar-refractivity contribution in [3.8, 4) is 11.1 Å². The van der Waals surface area contributed by atoms with Crippen LogP contribution in [-0.2, 0) is 0 Å². The van der Waals surface area contributed by atoms with Gasteiger partial charge in [0.2, 0.25) is 0 Å². The summed E-state index contributed by atoms with van der Waals surface area (Å²) in [4.78, 5) is 4.33. The van der Waals surface area contributed by atoms with E-state index >= 15 is 0 Å². The molecular weight excluding hydrogens is 275 g/mol. The quantitative estimate of drug-likeness (QED) is 0.670. The average molecular weight is 292 g/mol. The van der Waals surface area contributed by atoms with Crippen LogP contribution in [0.15, 0.2) is 29.3 Å². The third-order valence-corrected chi connectivity index (χ3v) is 3.43. The van der Waals surface area contributed by atoms with Gasteiger partial charge < -0.3 is 5.32 Å². The van der Waals surface area contributed by atoms with Gasteiger partial charge in [0, 0.05) is 23.4 Å². The summed E-state index contributed by atoms with van der Waals surface area (Å²) in [6, 6.07) is 6.67. The van der Waals surface area contributed by atoms with Crippen molar-refractivity contribution in [2.24, 2.45) is 4.99 Å². The van der Waals surface area contributed by atoms with E-state index in [2.05, 4.69) is 20.5 Å². The minimum Gasteiger partial charge on any atom is -0.318 e. The first-order valence-electron chi connectivity index (χ1n) is 6.32. The molecule has 1 aromatic heterocycles. The van der Waals surface area contributed by atoms with Gasteiger partial charge >= 0.3 is 0 Å². The smallest absolute Gasteiger partial charge is 0.162 e. The minimum absolute atomic E-state index is 0.266. The largest absolute Gasteiger partial charge is 0.318 e. The number of benzene rings is 1. The number of rotatable bonds is 3. The third-order valence-electron chi connectivity index (χ3n) is 2.81. The van der Waals surface area contributed by atoms with E-state index in [1.165, 1.54) is 17.8 Å². The molecule has 0 radical (unpaired) electrons. The monoisotopic (exact) mass is 292 g/mol. The van der Waals surface area contributed by atoms with Gasteiger partial charge in [0.25, 0.3) is 0 Å². The number of aliphatic imine (C=N–C) groups is 1. The van der Waals surface area contributed by atoms with E-state index in [1.54, 1.807) is 12.1 Å². The van der Waals surface area contributed by atoms with E-state index in [0.717, 1.165) is 16.4 Å². The lowest BCUT2D eigenvalue weighted by Crippen LogP contribution is -2.09. The number of thioether (sulfide) groups is 1. The lowest BCUT2D eigenvalue weighted by molar-refractivity contribution is 0.631. The first kappa shape index (κ1) is 14.6. The van der Waals surface area contributed by atoms with E-state index in [9.17, 15) is 4.39 Å². The Morgan fingerprint density at radius 1 is 1.45 bits per heavy atom. The topological polar surface area (TPSA) is 53.1 Å². The molecule has 2 rings (SSSR count). The Bertz CT molecular complexity index is 621. The number of hydrogen-bond donors (Lipinski definition) is 2. The number of nitrogens with zero attached hydrogens (tertiary/aromatic N) is 2. The van der Waals surface area contributed by atoms with Gasteiger partial charge in [-0.3, -0.25) is 10.1 Å². The predicted molar refractivity (Wildman–Crippen MR) is 83.8 cm³/mol. The summed E-state index contributed by atoms with van der Waals surface area (Å²) in [7, 11) is 0. The van der Waals surface area contributed by atoms with Crippen LogP contribution in [0, 0.1) is 12.7 Å². The zero-order valence-corrected chi connectivity index (χ0v) is 12.5. The van der Waals surface area contributed by atoms with Gasteiger partial charge in [-0.25, -0.2) is 4.39 Å². The molecule has 0 fully saturated rings. The number of hydrogen-bond acceptors (Lipinski definition) is 3. The standard InChI is InChI=1S/C14H17FN4S/c1-4-16-14(20-3)17-13-12(9(2)18-19-13)10-7-5-6-8-11(10)15/h5-8H,4H2,1-3H3,(H2,16,17,18,19). The molecule has 0 saturated carbocycles. The highest BCUT2D eigenvalue weighted by molar-refractivity contribution is 8.13. The van der Waals surface area contributed by atoms with Crippen molar-refractivity contribution in [3.63, 3.8) is 0 Å². The van der Waals surface area contributed by atoms with Gasteiger partial charge in [-0.15, -0.1) is 0 Å². The second kappa shape index (κ2) is 6.56. The maximum absolute atomic E-state index is 14.0. The zero-order chi connectivity index (χ0) is 14.5. The molecule has 1 heterocycles. The van der Waals surface area contributed by atoms with Crippen LogP contribution in [0.5, 0.6) is 0 Å². The second-order valence-electron chi connectivity index (χ2n) is 4.16. The summed E-state index contributed by atoms with van der Waals surface area (Å²) in [6.45, 7) is 4.52. The molecule has 106 valence electrons. The zero-order valence-electron chi connectivity index (χ0n) is 11.7. The molecule has 0 atom stereocenters. The fourth-order valence-electron chi connectivity index (χ4n) is 1.91. The fourth-order valence-corrected chi connectivity index (χ4v) is 2.37. The lowest BCUT2D eigenvalue weighted by Gasteiger charge is -2.08. The molecule has 0 unspecified atom stereocenters. The highest BCUT2D eigenvalue weighted by Gasteiger charge is 2.16. The maximum Gasteiger partial charge on any atom is 0.162 e. The highest BCUT2D eigenvalue weighted by atomic mass is 32.2. The number of nitrogens with one attached hydrogen (secondary N) is 2. The molecule has 0 aliphatic carbocycles. The van der Waals surface area contributed by atoms with E-state index in [1.807, 2.05) is 26.2 Å². The van der Waals surface area contributed by atoms with Crippen molar-refractivity contribution < 1.29 is 4.39 Å². The van der Waals surface area contributed by atoms with E-state index in [0.29, 0.717) is 17.9 Å². The number of aromatic nitrogens is 2. The van der Waals surface area contributed by atoms with Crippen LogP contribution >= 0.6 is 11.8 Å². The van der Waals surface area contributed by atoms with Crippen LogP contribution in [0.1, 0.15) is 12.6 Å².